The Morgan fingerprint density at radius 2 is 2.25 bits per heavy atom. The summed E-state index contributed by atoms with van der Waals surface area (Å²) in [6.45, 7) is 3.66. The normalized spacial score (nSPS) is 10.8. The van der Waals surface area contributed by atoms with Crippen LogP contribution in [0.1, 0.15) is 0 Å². The summed E-state index contributed by atoms with van der Waals surface area (Å²) in [4.78, 5) is 14.9. The number of hydrogen-bond donors (Lipinski definition) is 1. The van der Waals surface area contributed by atoms with Crippen molar-refractivity contribution < 1.29 is 13.2 Å². The third-order valence-electron chi connectivity index (χ3n) is 1.72. The standard InChI is InChI=1S/C10H12N2O3S/c1-2-6-11-9(13)8-16(14,15)10-5-3-4-7-12-10/h2-5,7H,1,6,8H2,(H,11,13). The molecule has 6 heteroatoms. The van der Waals surface area contributed by atoms with Gasteiger partial charge in [0.05, 0.1) is 0 Å². The molecule has 0 fully saturated rings. The third kappa shape index (κ3) is 3.47. The molecule has 0 aliphatic rings. The van der Waals surface area contributed by atoms with Crippen LogP contribution in [0.5, 0.6) is 0 Å². The number of hydrogen-bond acceptors (Lipinski definition) is 4. The quantitative estimate of drug-likeness (QED) is 0.744. The predicted molar refractivity (Wildman–Crippen MR) is 59.5 cm³/mol. The summed E-state index contributed by atoms with van der Waals surface area (Å²) in [6.07, 6.45) is 2.85. The van der Waals surface area contributed by atoms with Gasteiger partial charge in [0.25, 0.3) is 0 Å². The highest BCUT2D eigenvalue weighted by molar-refractivity contribution is 7.92. The number of carbonyl (C=O) groups is 1. The molecule has 0 aromatic carbocycles. The molecule has 86 valence electrons. The Hall–Kier alpha value is -1.69. The number of sulfone groups is 1. The van der Waals surface area contributed by atoms with E-state index in [9.17, 15) is 13.2 Å². The highest BCUT2D eigenvalue weighted by atomic mass is 32.2. The molecule has 0 bridgehead atoms. The van der Waals surface area contributed by atoms with Gasteiger partial charge in [-0.3, -0.25) is 4.79 Å². The maximum absolute atomic E-state index is 11.7. The number of pyridine rings is 1. The van der Waals surface area contributed by atoms with E-state index in [4.69, 9.17) is 0 Å². The molecule has 1 heterocycles. The lowest BCUT2D eigenvalue weighted by Gasteiger charge is -2.03. The summed E-state index contributed by atoms with van der Waals surface area (Å²) in [5.41, 5.74) is 0. The lowest BCUT2D eigenvalue weighted by molar-refractivity contribution is -0.118. The van der Waals surface area contributed by atoms with Crippen LogP contribution in [0.4, 0.5) is 0 Å². The van der Waals surface area contributed by atoms with E-state index in [0.29, 0.717) is 0 Å². The van der Waals surface area contributed by atoms with E-state index in [-0.39, 0.29) is 11.6 Å². The second-order valence-electron chi connectivity index (χ2n) is 3.02. The Bertz CT molecular complexity index is 468. The number of aromatic nitrogens is 1. The Balaban J connectivity index is 2.73. The van der Waals surface area contributed by atoms with Crippen LogP contribution in [0, 0.1) is 0 Å². The molecular weight excluding hydrogens is 228 g/mol. The highest BCUT2D eigenvalue weighted by Crippen LogP contribution is 2.05. The molecule has 0 unspecified atom stereocenters. The Morgan fingerprint density at radius 3 is 2.81 bits per heavy atom. The van der Waals surface area contributed by atoms with E-state index in [1.54, 1.807) is 12.1 Å². The monoisotopic (exact) mass is 240 g/mol. The first-order chi connectivity index (χ1) is 7.56. The number of rotatable bonds is 5. The van der Waals surface area contributed by atoms with Crippen LogP contribution in [-0.2, 0) is 14.6 Å². The van der Waals surface area contributed by atoms with Crippen LogP contribution in [0.25, 0.3) is 0 Å². The van der Waals surface area contributed by atoms with E-state index in [2.05, 4.69) is 16.9 Å². The molecule has 0 radical (unpaired) electrons. The number of carbonyl (C=O) groups excluding carboxylic acids is 1. The van der Waals surface area contributed by atoms with Crippen LogP contribution in [0.3, 0.4) is 0 Å². The van der Waals surface area contributed by atoms with Crippen LogP contribution in [-0.4, -0.2) is 31.6 Å². The van der Waals surface area contributed by atoms with E-state index in [1.807, 2.05) is 0 Å². The van der Waals surface area contributed by atoms with Crippen molar-refractivity contribution in [3.05, 3.63) is 37.1 Å². The van der Waals surface area contributed by atoms with Crippen molar-refractivity contribution in [1.29, 1.82) is 0 Å². The minimum atomic E-state index is -3.65. The fraction of sp³-hybridized carbons (Fsp3) is 0.200. The molecule has 5 nitrogen and oxygen atoms in total. The fourth-order valence-electron chi connectivity index (χ4n) is 1.01. The first-order valence-corrected chi connectivity index (χ1v) is 6.23. The summed E-state index contributed by atoms with van der Waals surface area (Å²) in [7, 11) is -3.65. The van der Waals surface area contributed by atoms with Gasteiger partial charge < -0.3 is 5.32 Å². The molecule has 16 heavy (non-hydrogen) atoms. The van der Waals surface area contributed by atoms with Crippen molar-refractivity contribution in [2.24, 2.45) is 0 Å². The second-order valence-corrected chi connectivity index (χ2v) is 4.96. The predicted octanol–water partition coefficient (Wildman–Crippen LogP) is 0.157. The third-order valence-corrected chi connectivity index (χ3v) is 3.24. The summed E-state index contributed by atoms with van der Waals surface area (Å²) < 4.78 is 23.3. The molecular formula is C10H12N2O3S. The molecule has 0 spiro atoms. The lowest BCUT2D eigenvalue weighted by Crippen LogP contribution is -2.30. The van der Waals surface area contributed by atoms with Crippen molar-refractivity contribution >= 4 is 15.7 Å². The van der Waals surface area contributed by atoms with Gasteiger partial charge >= 0.3 is 0 Å². The first-order valence-electron chi connectivity index (χ1n) is 4.57. The van der Waals surface area contributed by atoms with Crippen LogP contribution < -0.4 is 5.32 Å². The van der Waals surface area contributed by atoms with Crippen LogP contribution in [0.2, 0.25) is 0 Å². The van der Waals surface area contributed by atoms with Gasteiger partial charge in [0.1, 0.15) is 5.75 Å². The molecule has 0 atom stereocenters. The molecule has 0 aliphatic carbocycles. The van der Waals surface area contributed by atoms with Gasteiger partial charge in [0.15, 0.2) is 5.03 Å². The van der Waals surface area contributed by atoms with Gasteiger partial charge in [0.2, 0.25) is 15.7 Å². The molecule has 1 aromatic heterocycles. The highest BCUT2D eigenvalue weighted by Gasteiger charge is 2.19. The largest absolute Gasteiger partial charge is 0.352 e. The van der Waals surface area contributed by atoms with Crippen LogP contribution in [0.15, 0.2) is 42.1 Å². The van der Waals surface area contributed by atoms with Gasteiger partial charge in [-0.25, -0.2) is 13.4 Å². The lowest BCUT2D eigenvalue weighted by atomic mass is 10.5. The minimum absolute atomic E-state index is 0.0937. The molecule has 0 saturated carbocycles. The Labute approximate surface area is 94.1 Å². The van der Waals surface area contributed by atoms with Gasteiger partial charge in [0, 0.05) is 12.7 Å². The summed E-state index contributed by atoms with van der Waals surface area (Å²) in [5.74, 6) is -1.16. The Kier molecular flexibility index (Phi) is 4.19. The molecule has 1 rings (SSSR count). The van der Waals surface area contributed by atoms with E-state index >= 15 is 0 Å². The number of nitrogens with one attached hydrogen (secondary N) is 1. The average Bonchev–Trinajstić information content (AvgIpc) is 2.27. The number of amides is 1. The van der Waals surface area contributed by atoms with Crippen molar-refractivity contribution in [3.63, 3.8) is 0 Å². The zero-order valence-corrected chi connectivity index (χ0v) is 9.40. The maximum Gasteiger partial charge on any atom is 0.235 e. The summed E-state index contributed by atoms with van der Waals surface area (Å²) in [5, 5.41) is 2.30. The molecule has 0 aliphatic heterocycles. The number of nitrogens with zero attached hydrogens (tertiary/aromatic N) is 1. The molecule has 1 aromatic rings. The van der Waals surface area contributed by atoms with Crippen LogP contribution >= 0.6 is 0 Å². The van der Waals surface area contributed by atoms with Gasteiger partial charge in [-0.05, 0) is 12.1 Å². The summed E-state index contributed by atoms with van der Waals surface area (Å²) in [6, 6.07) is 4.52. The van der Waals surface area contributed by atoms with Crippen molar-refractivity contribution in [2.45, 2.75) is 5.03 Å². The molecule has 0 saturated heterocycles. The second kappa shape index (κ2) is 5.41. The topological polar surface area (TPSA) is 76.1 Å². The van der Waals surface area contributed by atoms with E-state index in [1.165, 1.54) is 18.3 Å². The SMILES string of the molecule is C=CCNC(=O)CS(=O)(=O)c1ccccn1. The van der Waals surface area contributed by atoms with Crippen molar-refractivity contribution in [3.8, 4) is 0 Å². The zero-order valence-electron chi connectivity index (χ0n) is 8.59. The Morgan fingerprint density at radius 1 is 1.50 bits per heavy atom. The fourth-order valence-corrected chi connectivity index (χ4v) is 2.12. The first kappa shape index (κ1) is 12.4. The van der Waals surface area contributed by atoms with E-state index < -0.39 is 21.5 Å². The van der Waals surface area contributed by atoms with Crippen molar-refractivity contribution in [1.82, 2.24) is 10.3 Å². The van der Waals surface area contributed by atoms with Crippen molar-refractivity contribution in [2.75, 3.05) is 12.3 Å². The maximum atomic E-state index is 11.7. The smallest absolute Gasteiger partial charge is 0.235 e. The summed E-state index contributed by atoms with van der Waals surface area (Å²) >= 11 is 0. The average molecular weight is 240 g/mol. The molecule has 1 amide bonds. The zero-order chi connectivity index (χ0) is 12.0. The van der Waals surface area contributed by atoms with Gasteiger partial charge in [-0.15, -0.1) is 6.58 Å². The van der Waals surface area contributed by atoms with Gasteiger partial charge in [-0.2, -0.15) is 0 Å². The minimum Gasteiger partial charge on any atom is -0.352 e. The van der Waals surface area contributed by atoms with Gasteiger partial charge in [-0.1, -0.05) is 12.1 Å². The molecule has 1 N–H and O–H groups in total. The van der Waals surface area contributed by atoms with E-state index in [0.717, 1.165) is 0 Å².